The zero-order chi connectivity index (χ0) is 13.0. The molecule has 1 amide bonds. The van der Waals surface area contributed by atoms with Gasteiger partial charge in [-0.2, -0.15) is 0 Å². The average Bonchev–Trinajstić information content (AvgIpc) is 2.76. The van der Waals surface area contributed by atoms with E-state index in [1.807, 2.05) is 6.92 Å². The Morgan fingerprint density at radius 3 is 3.17 bits per heavy atom. The van der Waals surface area contributed by atoms with E-state index in [0.29, 0.717) is 11.7 Å². The maximum absolute atomic E-state index is 11.7. The van der Waals surface area contributed by atoms with Crippen LogP contribution >= 0.6 is 0 Å². The number of H-pyrrole nitrogens is 1. The molecule has 2 heterocycles. The van der Waals surface area contributed by atoms with E-state index >= 15 is 0 Å². The summed E-state index contributed by atoms with van der Waals surface area (Å²) in [6.07, 6.45) is 5.27. The van der Waals surface area contributed by atoms with Crippen LogP contribution in [0.15, 0.2) is 6.20 Å². The Bertz CT molecular complexity index is 401. The highest BCUT2D eigenvalue weighted by Crippen LogP contribution is 2.17. The predicted molar refractivity (Wildman–Crippen MR) is 70.5 cm³/mol. The van der Waals surface area contributed by atoms with Crippen LogP contribution < -0.4 is 5.32 Å². The van der Waals surface area contributed by atoms with Gasteiger partial charge in [-0.05, 0) is 45.7 Å². The smallest absolute Gasteiger partial charge is 0.287 e. The van der Waals surface area contributed by atoms with Crippen LogP contribution in [-0.4, -0.2) is 47.5 Å². The number of rotatable bonds is 4. The fraction of sp³-hybridized carbons (Fsp3) is 0.692. The summed E-state index contributed by atoms with van der Waals surface area (Å²) >= 11 is 0. The maximum Gasteiger partial charge on any atom is 0.287 e. The molecule has 0 saturated carbocycles. The number of nitrogens with one attached hydrogen (secondary N) is 2. The Kier molecular flexibility index (Phi) is 4.36. The number of imidazole rings is 1. The molecule has 1 aliphatic rings. The van der Waals surface area contributed by atoms with E-state index in [2.05, 4.69) is 27.2 Å². The number of amides is 1. The molecule has 1 unspecified atom stereocenters. The number of hydrogen-bond donors (Lipinski definition) is 2. The molecule has 0 bridgehead atoms. The van der Waals surface area contributed by atoms with Crippen molar-refractivity contribution in [2.45, 2.75) is 26.2 Å². The van der Waals surface area contributed by atoms with Crippen molar-refractivity contribution in [1.82, 2.24) is 20.2 Å². The largest absolute Gasteiger partial charge is 0.349 e. The minimum atomic E-state index is -0.104. The molecule has 2 rings (SSSR count). The maximum atomic E-state index is 11.7. The third-order valence-electron chi connectivity index (χ3n) is 3.48. The van der Waals surface area contributed by atoms with Crippen LogP contribution in [0.1, 0.15) is 35.6 Å². The van der Waals surface area contributed by atoms with Crippen molar-refractivity contribution < 1.29 is 4.79 Å². The Hall–Kier alpha value is -1.36. The van der Waals surface area contributed by atoms with Crippen LogP contribution in [0.3, 0.4) is 0 Å². The third-order valence-corrected chi connectivity index (χ3v) is 3.48. The molecular weight excluding hydrogens is 228 g/mol. The number of aryl methyl sites for hydroxylation is 1. The topological polar surface area (TPSA) is 61.0 Å². The first-order chi connectivity index (χ1) is 8.65. The van der Waals surface area contributed by atoms with Gasteiger partial charge in [0.05, 0.1) is 0 Å². The van der Waals surface area contributed by atoms with Gasteiger partial charge in [0.2, 0.25) is 0 Å². The lowest BCUT2D eigenvalue weighted by Gasteiger charge is -2.29. The summed E-state index contributed by atoms with van der Waals surface area (Å²) in [6.45, 7) is 4.98. The summed E-state index contributed by atoms with van der Waals surface area (Å²) in [5, 5.41) is 2.92. The van der Waals surface area contributed by atoms with Gasteiger partial charge < -0.3 is 15.2 Å². The van der Waals surface area contributed by atoms with Crippen molar-refractivity contribution in [3.05, 3.63) is 17.7 Å². The van der Waals surface area contributed by atoms with Gasteiger partial charge in [0.15, 0.2) is 5.82 Å². The van der Waals surface area contributed by atoms with E-state index in [1.54, 1.807) is 6.20 Å². The first-order valence-electron chi connectivity index (χ1n) is 6.63. The van der Waals surface area contributed by atoms with Gasteiger partial charge in [0.25, 0.3) is 5.91 Å². The second-order valence-electron chi connectivity index (χ2n) is 5.23. The second-order valence-corrected chi connectivity index (χ2v) is 5.23. The molecule has 100 valence electrons. The summed E-state index contributed by atoms with van der Waals surface area (Å²) < 4.78 is 0. The summed E-state index contributed by atoms with van der Waals surface area (Å²) in [4.78, 5) is 21.1. The lowest BCUT2D eigenvalue weighted by atomic mass is 9.95. The molecular formula is C13H22N4O. The molecule has 1 aromatic heterocycles. The van der Waals surface area contributed by atoms with E-state index in [0.717, 1.165) is 25.2 Å². The van der Waals surface area contributed by atoms with Gasteiger partial charge in [-0.25, -0.2) is 4.98 Å². The summed E-state index contributed by atoms with van der Waals surface area (Å²) in [5.41, 5.74) is 0.911. The molecule has 1 saturated heterocycles. The standard InChI is InChI=1S/C13H22N4O/c1-10-8-15-12(16-10)13(18)14-6-5-11-4-3-7-17(2)9-11/h8,11H,3-7,9H2,1-2H3,(H,14,18)(H,15,16). The molecule has 1 aliphatic heterocycles. The summed E-state index contributed by atoms with van der Waals surface area (Å²) in [6, 6.07) is 0. The normalized spacial score (nSPS) is 20.9. The van der Waals surface area contributed by atoms with Crippen LogP contribution in [0.2, 0.25) is 0 Å². The van der Waals surface area contributed by atoms with Crippen LogP contribution in [0, 0.1) is 12.8 Å². The van der Waals surface area contributed by atoms with Gasteiger partial charge in [0, 0.05) is 25.0 Å². The van der Waals surface area contributed by atoms with Crippen molar-refractivity contribution in [1.29, 1.82) is 0 Å². The highest BCUT2D eigenvalue weighted by Gasteiger charge is 2.17. The van der Waals surface area contributed by atoms with Gasteiger partial charge >= 0.3 is 0 Å². The zero-order valence-corrected chi connectivity index (χ0v) is 11.2. The molecule has 2 N–H and O–H groups in total. The number of piperidine rings is 1. The minimum absolute atomic E-state index is 0.104. The summed E-state index contributed by atoms with van der Waals surface area (Å²) in [5.74, 6) is 1.02. The van der Waals surface area contributed by atoms with Gasteiger partial charge in [-0.1, -0.05) is 0 Å². The number of nitrogens with zero attached hydrogens (tertiary/aromatic N) is 2. The lowest BCUT2D eigenvalue weighted by molar-refractivity contribution is 0.0939. The fourth-order valence-corrected chi connectivity index (χ4v) is 2.51. The molecule has 1 aromatic rings. The number of aromatic nitrogens is 2. The molecule has 0 aromatic carbocycles. The Labute approximate surface area is 108 Å². The van der Waals surface area contributed by atoms with Gasteiger partial charge in [-0.3, -0.25) is 4.79 Å². The Morgan fingerprint density at radius 2 is 2.50 bits per heavy atom. The van der Waals surface area contributed by atoms with Crippen molar-refractivity contribution in [2.75, 3.05) is 26.7 Å². The second kappa shape index (κ2) is 6.00. The SMILES string of the molecule is Cc1cnc(C(=O)NCCC2CCCN(C)C2)[nH]1. The molecule has 5 nitrogen and oxygen atoms in total. The molecule has 0 radical (unpaired) electrons. The van der Waals surface area contributed by atoms with E-state index in [9.17, 15) is 4.79 Å². The van der Waals surface area contributed by atoms with Crippen molar-refractivity contribution >= 4 is 5.91 Å². The van der Waals surface area contributed by atoms with E-state index < -0.39 is 0 Å². The number of hydrogen-bond acceptors (Lipinski definition) is 3. The number of aromatic amines is 1. The van der Waals surface area contributed by atoms with Gasteiger partial charge in [-0.15, -0.1) is 0 Å². The zero-order valence-electron chi connectivity index (χ0n) is 11.2. The van der Waals surface area contributed by atoms with Crippen LogP contribution in [0.25, 0.3) is 0 Å². The third kappa shape index (κ3) is 3.57. The number of carbonyl (C=O) groups excluding carboxylic acids is 1. The van der Waals surface area contributed by atoms with E-state index in [1.165, 1.54) is 19.4 Å². The molecule has 0 spiro atoms. The average molecular weight is 250 g/mol. The van der Waals surface area contributed by atoms with E-state index in [4.69, 9.17) is 0 Å². The quantitative estimate of drug-likeness (QED) is 0.843. The summed E-state index contributed by atoms with van der Waals surface area (Å²) in [7, 11) is 2.16. The molecule has 0 aliphatic carbocycles. The fourth-order valence-electron chi connectivity index (χ4n) is 2.51. The Balaban J connectivity index is 1.70. The highest BCUT2D eigenvalue weighted by molar-refractivity contribution is 5.90. The monoisotopic (exact) mass is 250 g/mol. The first-order valence-corrected chi connectivity index (χ1v) is 6.63. The van der Waals surface area contributed by atoms with Crippen LogP contribution in [0.5, 0.6) is 0 Å². The van der Waals surface area contributed by atoms with Crippen LogP contribution in [-0.2, 0) is 0 Å². The predicted octanol–water partition coefficient (Wildman–Crippen LogP) is 1.18. The highest BCUT2D eigenvalue weighted by atomic mass is 16.2. The Morgan fingerprint density at radius 1 is 1.67 bits per heavy atom. The molecule has 5 heteroatoms. The molecule has 18 heavy (non-hydrogen) atoms. The van der Waals surface area contributed by atoms with E-state index in [-0.39, 0.29) is 5.91 Å². The number of carbonyl (C=O) groups is 1. The van der Waals surface area contributed by atoms with Crippen molar-refractivity contribution in [3.63, 3.8) is 0 Å². The van der Waals surface area contributed by atoms with Crippen molar-refractivity contribution in [2.24, 2.45) is 5.92 Å². The minimum Gasteiger partial charge on any atom is -0.349 e. The van der Waals surface area contributed by atoms with Gasteiger partial charge in [0.1, 0.15) is 0 Å². The molecule has 1 fully saturated rings. The first kappa shape index (κ1) is 13.1. The van der Waals surface area contributed by atoms with Crippen LogP contribution in [0.4, 0.5) is 0 Å². The number of likely N-dealkylation sites (tertiary alicyclic amines) is 1. The van der Waals surface area contributed by atoms with Crippen molar-refractivity contribution in [3.8, 4) is 0 Å². The lowest BCUT2D eigenvalue weighted by Crippen LogP contribution is -2.34. The molecule has 1 atom stereocenters.